The van der Waals surface area contributed by atoms with E-state index in [0.717, 1.165) is 25.7 Å². The lowest BCUT2D eigenvalue weighted by Gasteiger charge is -2.30. The number of carbonyl (C=O) groups is 10. The van der Waals surface area contributed by atoms with Crippen molar-refractivity contribution >= 4 is 81.1 Å². The number of carbonyl (C=O) groups excluding carboxylic acids is 10. The molecule has 0 radical (unpaired) electrons. The topological polar surface area (TPSA) is 345 Å². The molecular formula is C66H117N13O11. The van der Waals surface area contributed by atoms with Crippen LogP contribution in [0.15, 0.2) is 0 Å². The van der Waals surface area contributed by atoms with E-state index in [1.807, 2.05) is 14.7 Å². The van der Waals surface area contributed by atoms with E-state index in [1.54, 1.807) is 0 Å². The lowest BCUT2D eigenvalue weighted by Crippen LogP contribution is -2.43. The maximum atomic E-state index is 14.6. The van der Waals surface area contributed by atoms with Crippen LogP contribution in [-0.2, 0) is 52.7 Å². The van der Waals surface area contributed by atoms with E-state index in [1.165, 1.54) is 55.6 Å². The number of hydrogen-bond acceptors (Lipinski definition) is 22. The maximum absolute atomic E-state index is 14.6. The van der Waals surface area contributed by atoms with Crippen LogP contribution in [-0.4, -0.2) is 255 Å². The van der Waals surface area contributed by atoms with Crippen LogP contribution in [0.3, 0.4) is 0 Å². The Kier molecular flexibility index (Phi) is 45.1. The van der Waals surface area contributed by atoms with Crippen LogP contribution in [0.25, 0.3) is 0 Å². The van der Waals surface area contributed by atoms with E-state index in [4.69, 9.17) is 26.7 Å². The van der Waals surface area contributed by atoms with E-state index in [9.17, 15) is 53.4 Å². The fourth-order valence-corrected chi connectivity index (χ4v) is 10.5. The molecule has 24 heteroatoms. The van der Waals surface area contributed by atoms with Crippen LogP contribution in [0, 0.1) is 33.5 Å². The molecule has 0 spiro atoms. The summed E-state index contributed by atoms with van der Waals surface area (Å²) in [6.45, 7) is 19.4. The lowest BCUT2D eigenvalue weighted by atomic mass is 9.79. The van der Waals surface area contributed by atoms with Gasteiger partial charge in [-0.1, -0.05) is 0 Å². The largest absolute Gasteiger partial charge is 0.469 e. The normalized spacial score (nSPS) is 14.5. The number of ether oxygens (including phenoxy) is 1. The van der Waals surface area contributed by atoms with Crippen LogP contribution in [0.4, 0.5) is 0 Å². The van der Waals surface area contributed by atoms with Crippen LogP contribution < -0.4 is 16.4 Å². The Bertz CT molecular complexity index is 2180. The summed E-state index contributed by atoms with van der Waals surface area (Å²) in [7, 11) is 1.32. The molecule has 8 N–H and O–H groups in total. The molecule has 1 fully saturated rings. The summed E-state index contributed by atoms with van der Waals surface area (Å²) in [5, 5.41) is 42.6. The third kappa shape index (κ3) is 44.9. The highest BCUT2D eigenvalue weighted by molar-refractivity contribution is 6.03. The first kappa shape index (κ1) is 82.5. The molecule has 1 atom stereocenters. The Hall–Kier alpha value is -5.50. The Morgan fingerprint density at radius 2 is 0.644 bits per heavy atom. The minimum Gasteiger partial charge on any atom is -0.469 e. The van der Waals surface area contributed by atoms with E-state index >= 15 is 0 Å². The average Bonchev–Trinajstić information content (AvgIpc) is 2.06. The van der Waals surface area contributed by atoms with Crippen molar-refractivity contribution in [2.45, 2.75) is 189 Å². The van der Waals surface area contributed by atoms with Gasteiger partial charge in [0.25, 0.3) is 0 Å². The highest BCUT2D eigenvalue weighted by atomic mass is 16.5. The number of hydrogen-bond donors (Lipinski definition) is 7. The third-order valence-corrected chi connectivity index (χ3v) is 16.7. The minimum absolute atomic E-state index is 0.0119. The van der Waals surface area contributed by atoms with Crippen LogP contribution in [0.2, 0.25) is 0 Å². The van der Waals surface area contributed by atoms with Crippen molar-refractivity contribution < 1.29 is 52.7 Å². The molecule has 0 aliphatic heterocycles. The summed E-state index contributed by atoms with van der Waals surface area (Å²) in [6, 6.07) is 0.0877. The molecule has 1 aliphatic carbocycles. The number of ketones is 7. The molecule has 0 aromatic carbocycles. The average molecular weight is 1270 g/mol. The molecule has 1 saturated carbocycles. The summed E-state index contributed by atoms with van der Waals surface area (Å²) in [6.07, 6.45) is 9.28. The smallest absolute Gasteiger partial charge is 0.306 e. The van der Waals surface area contributed by atoms with Gasteiger partial charge in [0.2, 0.25) is 11.8 Å². The summed E-state index contributed by atoms with van der Waals surface area (Å²) in [5.74, 6) is -1.10. The Balaban J connectivity index is 3.40. The van der Waals surface area contributed by atoms with E-state index in [-0.39, 0.29) is 108 Å². The van der Waals surface area contributed by atoms with Crippen molar-refractivity contribution in [3.63, 3.8) is 0 Å². The fraction of sp³-hybridized carbons (Fsp3) is 0.788. The van der Waals surface area contributed by atoms with Gasteiger partial charge in [0.05, 0.1) is 19.4 Å². The first-order chi connectivity index (χ1) is 42.6. The number of esters is 1. The standard InChI is InChI=1S/C66H117N13O11/c1-50(80)13-31-74(32-14-51(2)81)38-20-59(68)23-41-77(42-24-60(69)21-39-75(33-15-52(3)82)34-16-53(4)83)44-26-63(71)62(49-57-9-11-58(67)12-10-57)66(89)73-30-48-79(43-25-61(70)22-40-76(35-17-54(5)84)36-18-55(6)85)45-27-64(87)72-29-47-78(37-19-56(7)86)46-28-65(88)90-8/h57-58,62,68-71H,9-49,67H2,1-8H3,(H,72,87)(H,73,89). The summed E-state index contributed by atoms with van der Waals surface area (Å²) >= 11 is 0. The molecule has 2 amide bonds. The zero-order chi connectivity index (χ0) is 67.4. The zero-order valence-corrected chi connectivity index (χ0v) is 56.5. The van der Waals surface area contributed by atoms with Gasteiger partial charge in [-0.3, -0.25) is 47.9 Å². The second-order valence-electron chi connectivity index (χ2n) is 25.1. The first-order valence-corrected chi connectivity index (χ1v) is 33.1. The van der Waals surface area contributed by atoms with Gasteiger partial charge in [-0.15, -0.1) is 0 Å². The Morgan fingerprint density at radius 3 is 0.956 bits per heavy atom. The van der Waals surface area contributed by atoms with Gasteiger partial charge in [-0.05, 0) is 131 Å². The maximum Gasteiger partial charge on any atom is 0.306 e. The van der Waals surface area contributed by atoms with Crippen molar-refractivity contribution in [1.82, 2.24) is 40.0 Å². The van der Waals surface area contributed by atoms with Crippen LogP contribution >= 0.6 is 0 Å². The van der Waals surface area contributed by atoms with Crippen molar-refractivity contribution in [2.24, 2.45) is 17.6 Å². The zero-order valence-electron chi connectivity index (χ0n) is 56.5. The molecule has 0 aromatic rings. The number of nitrogens with one attached hydrogen (secondary N) is 6. The number of rotatable bonds is 58. The summed E-state index contributed by atoms with van der Waals surface area (Å²) < 4.78 is 4.80. The summed E-state index contributed by atoms with van der Waals surface area (Å²) in [5.41, 5.74) is 8.07. The molecule has 0 bridgehead atoms. The van der Waals surface area contributed by atoms with Gasteiger partial charge >= 0.3 is 5.97 Å². The molecule has 24 nitrogen and oxygen atoms in total. The van der Waals surface area contributed by atoms with Gasteiger partial charge in [0, 0.05) is 211 Å². The van der Waals surface area contributed by atoms with Crippen molar-refractivity contribution in [2.75, 3.05) is 138 Å². The monoisotopic (exact) mass is 1270 g/mol. The molecule has 90 heavy (non-hydrogen) atoms. The SMILES string of the molecule is COC(=O)CCN(CCNC(=O)CCN(CCNC(=O)C(CC1CCC(N)CC1)C(=N)CCN(CCC(=N)CCN(CCC(C)=O)CCC(C)=O)CCC(=N)CCN(CCC(C)=O)CCC(C)=O)CCC(=N)CCN(CCC(C)=O)CCC(C)=O)CCC(C)=O. The number of amides is 2. The fourth-order valence-electron chi connectivity index (χ4n) is 10.5. The van der Waals surface area contributed by atoms with E-state index in [0.29, 0.717) is 225 Å². The number of nitrogens with two attached hydrogens (primary N) is 1. The van der Waals surface area contributed by atoms with E-state index < -0.39 is 5.92 Å². The number of methoxy groups -OCH3 is 1. The van der Waals surface area contributed by atoms with Crippen molar-refractivity contribution in [3.8, 4) is 0 Å². The number of Topliss-reactive ketones (excluding diaryl/α,β-unsaturated/α-hetero) is 7. The van der Waals surface area contributed by atoms with Crippen molar-refractivity contribution in [1.29, 1.82) is 21.6 Å². The highest BCUT2D eigenvalue weighted by Crippen LogP contribution is 2.30. The quantitative estimate of drug-likeness (QED) is 0.0305. The van der Waals surface area contributed by atoms with Gasteiger partial charge < -0.3 is 72.1 Å². The predicted octanol–water partition coefficient (Wildman–Crippen LogP) is 5.17. The molecule has 512 valence electrons. The van der Waals surface area contributed by atoms with Gasteiger partial charge in [-0.2, -0.15) is 0 Å². The second-order valence-corrected chi connectivity index (χ2v) is 25.1. The number of nitrogens with zero attached hydrogens (tertiary/aromatic N) is 6. The molecule has 0 saturated heterocycles. The first-order valence-electron chi connectivity index (χ1n) is 33.1. The highest BCUT2D eigenvalue weighted by Gasteiger charge is 2.30. The summed E-state index contributed by atoms with van der Waals surface area (Å²) in [4.78, 5) is 135. The van der Waals surface area contributed by atoms with Crippen molar-refractivity contribution in [3.05, 3.63) is 0 Å². The lowest BCUT2D eigenvalue weighted by molar-refractivity contribution is -0.141. The minimum atomic E-state index is -0.737. The molecule has 1 rings (SSSR count). The molecule has 1 aliphatic rings. The van der Waals surface area contributed by atoms with Crippen LogP contribution in [0.5, 0.6) is 0 Å². The second kappa shape index (κ2) is 49.2. The third-order valence-electron chi connectivity index (χ3n) is 16.7. The molecular weight excluding hydrogens is 1150 g/mol. The Labute approximate surface area is 538 Å². The van der Waals surface area contributed by atoms with Gasteiger partial charge in [0.1, 0.15) is 40.5 Å². The van der Waals surface area contributed by atoms with E-state index in [2.05, 4.69) is 25.3 Å². The Morgan fingerprint density at radius 1 is 0.378 bits per heavy atom. The van der Waals surface area contributed by atoms with Gasteiger partial charge in [-0.25, -0.2) is 0 Å². The van der Waals surface area contributed by atoms with Gasteiger partial charge in [0.15, 0.2) is 0 Å². The molecule has 1 unspecified atom stereocenters. The molecule has 0 aromatic heterocycles. The van der Waals surface area contributed by atoms with Crippen LogP contribution in [0.1, 0.15) is 183 Å². The molecule has 0 heterocycles. The predicted molar refractivity (Wildman–Crippen MR) is 354 cm³/mol.